The molecule has 1 heterocycles. The molecule has 2 aromatic rings. The molecule has 0 atom stereocenters. The van der Waals surface area contributed by atoms with Gasteiger partial charge in [-0.1, -0.05) is 59.8 Å². The van der Waals surface area contributed by atoms with Crippen LogP contribution in [0.3, 0.4) is 0 Å². The number of allylic oxidation sites excluding steroid dienone is 1. The first-order chi connectivity index (χ1) is 12.5. The summed E-state index contributed by atoms with van der Waals surface area (Å²) in [5, 5.41) is 2.56. The quantitative estimate of drug-likeness (QED) is 0.670. The Morgan fingerprint density at radius 3 is 2.48 bits per heavy atom. The van der Waals surface area contributed by atoms with Crippen molar-refractivity contribution in [2.75, 3.05) is 0 Å². The molecule has 2 bridgehead atoms. The highest BCUT2D eigenvalue weighted by atomic mass is 79.9. The number of halogens is 2. The molecule has 0 unspecified atom stereocenters. The highest BCUT2D eigenvalue weighted by molar-refractivity contribution is 9.11. The molecule has 0 radical (unpaired) electrons. The molecule has 4 rings (SSSR count). The van der Waals surface area contributed by atoms with Crippen LogP contribution in [0.1, 0.15) is 28.4 Å². The Morgan fingerprint density at radius 1 is 1.19 bits per heavy atom. The van der Waals surface area contributed by atoms with Gasteiger partial charge in [-0.3, -0.25) is 4.79 Å². The van der Waals surface area contributed by atoms with Gasteiger partial charge in [0.25, 0.3) is 0 Å². The number of carbonyl (C=O) groups excluding carboxylic acids is 1. The molecule has 6 heteroatoms. The molecule has 0 saturated carbocycles. The van der Waals surface area contributed by atoms with Crippen LogP contribution in [0.25, 0.3) is 17.2 Å². The molecule has 0 aromatic heterocycles. The molecule has 2 aliphatic rings. The number of hydrogen-bond acceptors (Lipinski definition) is 1. The van der Waals surface area contributed by atoms with Crippen LogP contribution in [0.15, 0.2) is 28.2 Å². The van der Waals surface area contributed by atoms with Gasteiger partial charge in [0.1, 0.15) is 5.82 Å². The van der Waals surface area contributed by atoms with E-state index in [9.17, 15) is 9.18 Å². The molecule has 2 nitrogen and oxygen atoms in total. The standard InChI is InChI=1S/C21H23BrFNOSi2/c1-11-8-13-12(6-7-16(23)14(13)9-11)18-15(21(24)25)10-17-19(22)20(18)27(4,5)26(17,2)3/h6-8,10H,9H2,1-5H3,(H2,24,25). The third kappa shape index (κ3) is 2.36. The molecule has 2 aromatic carbocycles. The Bertz CT molecular complexity index is 1070. The maximum atomic E-state index is 14.4. The number of nitrogens with two attached hydrogens (primary N) is 1. The summed E-state index contributed by atoms with van der Waals surface area (Å²) in [6.45, 7) is 11.6. The van der Waals surface area contributed by atoms with Gasteiger partial charge < -0.3 is 5.73 Å². The SMILES string of the molecule is CC1=Cc2c(-c3c(C(N)=O)cc4c(Br)c3[Si](C)(C)[Si]4(C)C)ccc(F)c2C1. The second-order valence-electron chi connectivity index (χ2n) is 8.80. The van der Waals surface area contributed by atoms with E-state index in [1.807, 2.05) is 19.1 Å². The van der Waals surface area contributed by atoms with Crippen molar-refractivity contribution in [2.45, 2.75) is 39.5 Å². The number of rotatable bonds is 2. The van der Waals surface area contributed by atoms with Crippen LogP contribution in [0.4, 0.5) is 4.39 Å². The summed E-state index contributed by atoms with van der Waals surface area (Å²) in [6.07, 6.45) is 2.68. The van der Waals surface area contributed by atoms with E-state index in [0.717, 1.165) is 32.3 Å². The number of hydrogen-bond donors (Lipinski definition) is 1. The average molecular weight is 460 g/mol. The summed E-state index contributed by atoms with van der Waals surface area (Å²) in [5.41, 5.74) is 11.0. The summed E-state index contributed by atoms with van der Waals surface area (Å²) in [5.74, 6) is -0.589. The van der Waals surface area contributed by atoms with E-state index in [0.29, 0.717) is 12.0 Å². The summed E-state index contributed by atoms with van der Waals surface area (Å²) >= 11 is 3.86. The van der Waals surface area contributed by atoms with Crippen LogP contribution in [0.5, 0.6) is 0 Å². The maximum absolute atomic E-state index is 14.4. The third-order valence-corrected chi connectivity index (χ3v) is 25.9. The van der Waals surface area contributed by atoms with Crippen LogP contribution < -0.4 is 16.1 Å². The minimum absolute atomic E-state index is 0.180. The molecule has 140 valence electrons. The fourth-order valence-corrected chi connectivity index (χ4v) is 18.4. The highest BCUT2D eigenvalue weighted by Gasteiger charge is 2.53. The zero-order valence-corrected chi connectivity index (χ0v) is 19.8. The first-order valence-electron chi connectivity index (χ1n) is 9.14. The molecule has 1 aliphatic heterocycles. The number of primary amides is 1. The molecule has 27 heavy (non-hydrogen) atoms. The van der Waals surface area contributed by atoms with E-state index in [4.69, 9.17) is 5.73 Å². The van der Waals surface area contributed by atoms with Crippen LogP contribution >= 0.6 is 15.9 Å². The number of fused-ring (bicyclic) bond motifs is 3. The molecule has 0 fully saturated rings. The van der Waals surface area contributed by atoms with Crippen molar-refractivity contribution in [2.24, 2.45) is 5.73 Å². The van der Waals surface area contributed by atoms with E-state index in [-0.39, 0.29) is 5.82 Å². The Labute approximate surface area is 169 Å². The second-order valence-corrected chi connectivity index (χ2v) is 24.6. The minimum Gasteiger partial charge on any atom is -0.366 e. The van der Waals surface area contributed by atoms with Crippen molar-refractivity contribution in [3.8, 4) is 11.1 Å². The van der Waals surface area contributed by atoms with E-state index >= 15 is 0 Å². The second kappa shape index (κ2) is 5.75. The molecular weight excluding hydrogens is 437 g/mol. The molecular formula is C21H23BrFNOSi2. The van der Waals surface area contributed by atoms with Crippen LogP contribution in [0, 0.1) is 5.82 Å². The van der Waals surface area contributed by atoms with Crippen LogP contribution in [-0.4, -0.2) is 21.1 Å². The van der Waals surface area contributed by atoms with Gasteiger partial charge in [-0.25, -0.2) is 4.39 Å². The van der Waals surface area contributed by atoms with Crippen molar-refractivity contribution < 1.29 is 9.18 Å². The Hall–Kier alpha value is -1.51. The van der Waals surface area contributed by atoms with Crippen molar-refractivity contribution in [3.05, 3.63) is 50.8 Å². The fraction of sp³-hybridized carbons (Fsp3) is 0.286. The zero-order chi connectivity index (χ0) is 19.9. The fourth-order valence-electron chi connectivity index (χ4n) is 4.60. The van der Waals surface area contributed by atoms with E-state index in [2.05, 4.69) is 48.2 Å². The number of benzene rings is 2. The van der Waals surface area contributed by atoms with Gasteiger partial charge >= 0.3 is 0 Å². The smallest absolute Gasteiger partial charge is 0.249 e. The van der Waals surface area contributed by atoms with E-state index < -0.39 is 21.1 Å². The molecule has 1 amide bonds. The normalized spacial score (nSPS) is 18.4. The lowest BCUT2D eigenvalue weighted by Gasteiger charge is -2.33. The number of carbonyl (C=O) groups is 1. The Morgan fingerprint density at radius 2 is 1.85 bits per heavy atom. The van der Waals surface area contributed by atoms with Gasteiger partial charge in [-0.2, -0.15) is 0 Å². The Balaban J connectivity index is 2.15. The number of amides is 1. The van der Waals surface area contributed by atoms with Gasteiger partial charge in [0.05, 0.1) is 15.2 Å². The van der Waals surface area contributed by atoms with Gasteiger partial charge in [0.15, 0.2) is 0 Å². The predicted molar refractivity (Wildman–Crippen MR) is 120 cm³/mol. The Kier molecular flexibility index (Phi) is 4.01. The third-order valence-electron chi connectivity index (χ3n) is 6.81. The average Bonchev–Trinajstić information content (AvgIpc) is 2.98. The van der Waals surface area contributed by atoms with E-state index in [1.165, 1.54) is 16.4 Å². The highest BCUT2D eigenvalue weighted by Crippen LogP contribution is 2.41. The lowest BCUT2D eigenvalue weighted by atomic mass is 9.93. The molecule has 0 spiro atoms. The first kappa shape index (κ1) is 18.8. The summed E-state index contributed by atoms with van der Waals surface area (Å²) in [6, 6.07) is 5.37. The predicted octanol–water partition coefficient (Wildman–Crippen LogP) is 4.24. The van der Waals surface area contributed by atoms with Gasteiger partial charge in [-0.15, -0.1) is 0 Å². The summed E-state index contributed by atoms with van der Waals surface area (Å²) < 4.78 is 15.6. The molecule has 0 saturated heterocycles. The van der Waals surface area contributed by atoms with Crippen molar-refractivity contribution >= 4 is 53.5 Å². The topological polar surface area (TPSA) is 43.1 Å². The maximum Gasteiger partial charge on any atom is 0.249 e. The summed E-state index contributed by atoms with van der Waals surface area (Å²) in [4.78, 5) is 12.4. The van der Waals surface area contributed by atoms with Crippen molar-refractivity contribution in [3.63, 3.8) is 0 Å². The van der Waals surface area contributed by atoms with Gasteiger partial charge in [0, 0.05) is 10.0 Å². The molecule has 1 aliphatic carbocycles. The van der Waals surface area contributed by atoms with Gasteiger partial charge in [-0.05, 0) is 58.1 Å². The van der Waals surface area contributed by atoms with Crippen molar-refractivity contribution in [1.29, 1.82) is 0 Å². The van der Waals surface area contributed by atoms with Crippen LogP contribution in [0.2, 0.25) is 26.2 Å². The largest absolute Gasteiger partial charge is 0.366 e. The lowest BCUT2D eigenvalue weighted by Crippen LogP contribution is -2.63. The van der Waals surface area contributed by atoms with E-state index in [1.54, 1.807) is 0 Å². The monoisotopic (exact) mass is 459 g/mol. The molecule has 2 N–H and O–H groups in total. The first-order valence-corrected chi connectivity index (χ1v) is 16.9. The minimum atomic E-state index is -1.83. The van der Waals surface area contributed by atoms with Crippen LogP contribution in [-0.2, 0) is 6.42 Å². The zero-order valence-electron chi connectivity index (χ0n) is 16.3. The summed E-state index contributed by atoms with van der Waals surface area (Å²) in [7, 11) is -3.57. The lowest BCUT2D eigenvalue weighted by molar-refractivity contribution is 0.100. The van der Waals surface area contributed by atoms with Crippen molar-refractivity contribution in [1.82, 2.24) is 0 Å². The van der Waals surface area contributed by atoms with Gasteiger partial charge in [0.2, 0.25) is 5.91 Å².